The fraction of sp³-hybridized carbons (Fsp3) is 0.421. The molecule has 2 aliphatic heterocycles. The molecule has 2 heterocycles. The van der Waals surface area contributed by atoms with E-state index in [0.29, 0.717) is 24.3 Å². The second-order valence-corrected chi connectivity index (χ2v) is 6.54. The molecule has 0 saturated carbocycles. The average molecular weight is 340 g/mol. The number of hydrogen-bond donors (Lipinski definition) is 1. The summed E-state index contributed by atoms with van der Waals surface area (Å²) in [4.78, 5) is 38.6. The standard InChI is InChI=1S/C19H20N2O4/c1-4-12-9-19(5-2,18(24)20-16(12)22)11-21-10-13-6-7-14(25-3)8-15(13)17(21)23/h2,6-8,12H,4,9-11H2,1,3H3,(H,20,22,24). The van der Waals surface area contributed by atoms with Gasteiger partial charge in [0.1, 0.15) is 11.2 Å². The van der Waals surface area contributed by atoms with E-state index in [-0.39, 0.29) is 30.7 Å². The Balaban J connectivity index is 1.86. The fourth-order valence-corrected chi connectivity index (χ4v) is 3.50. The van der Waals surface area contributed by atoms with Gasteiger partial charge in [0.25, 0.3) is 5.91 Å². The number of hydrogen-bond acceptors (Lipinski definition) is 4. The fourth-order valence-electron chi connectivity index (χ4n) is 3.50. The van der Waals surface area contributed by atoms with Crippen molar-refractivity contribution in [2.45, 2.75) is 26.3 Å². The highest BCUT2D eigenvalue weighted by Gasteiger charge is 2.48. The van der Waals surface area contributed by atoms with Gasteiger partial charge in [-0.15, -0.1) is 6.42 Å². The Kier molecular flexibility index (Phi) is 4.25. The zero-order valence-electron chi connectivity index (χ0n) is 14.3. The Hall–Kier alpha value is -2.81. The van der Waals surface area contributed by atoms with Crippen molar-refractivity contribution >= 4 is 17.7 Å². The molecule has 2 atom stereocenters. The molecule has 130 valence electrons. The molecule has 0 aromatic heterocycles. The molecule has 1 aromatic rings. The Morgan fingerprint density at radius 1 is 1.40 bits per heavy atom. The Morgan fingerprint density at radius 3 is 2.80 bits per heavy atom. The minimum absolute atomic E-state index is 0.0922. The lowest BCUT2D eigenvalue weighted by Gasteiger charge is -2.37. The van der Waals surface area contributed by atoms with E-state index in [0.717, 1.165) is 5.56 Å². The summed E-state index contributed by atoms with van der Waals surface area (Å²) in [5.41, 5.74) is 0.249. The lowest BCUT2D eigenvalue weighted by Crippen LogP contribution is -2.56. The molecule has 1 fully saturated rings. The van der Waals surface area contributed by atoms with Gasteiger partial charge in [-0.2, -0.15) is 0 Å². The van der Waals surface area contributed by atoms with Crippen molar-refractivity contribution in [3.05, 3.63) is 29.3 Å². The van der Waals surface area contributed by atoms with Gasteiger partial charge >= 0.3 is 0 Å². The smallest absolute Gasteiger partial charge is 0.254 e. The lowest BCUT2D eigenvalue weighted by molar-refractivity contribution is -0.143. The zero-order valence-corrected chi connectivity index (χ0v) is 14.3. The number of ether oxygens (including phenoxy) is 1. The van der Waals surface area contributed by atoms with E-state index in [1.807, 2.05) is 13.0 Å². The highest BCUT2D eigenvalue weighted by atomic mass is 16.5. The molecule has 25 heavy (non-hydrogen) atoms. The molecule has 1 aromatic carbocycles. The van der Waals surface area contributed by atoms with Crippen LogP contribution in [-0.2, 0) is 16.1 Å². The molecule has 3 amide bonds. The van der Waals surface area contributed by atoms with Gasteiger partial charge < -0.3 is 9.64 Å². The number of nitrogens with one attached hydrogen (secondary N) is 1. The number of fused-ring (bicyclic) bond motifs is 1. The van der Waals surface area contributed by atoms with E-state index in [9.17, 15) is 14.4 Å². The van der Waals surface area contributed by atoms with Crippen LogP contribution in [0.1, 0.15) is 35.7 Å². The van der Waals surface area contributed by atoms with Gasteiger partial charge in [0, 0.05) is 24.6 Å². The number of terminal acetylenes is 1. The van der Waals surface area contributed by atoms with Crippen LogP contribution in [0.3, 0.4) is 0 Å². The quantitative estimate of drug-likeness (QED) is 0.663. The van der Waals surface area contributed by atoms with Gasteiger partial charge in [-0.25, -0.2) is 0 Å². The van der Waals surface area contributed by atoms with Crippen LogP contribution in [0.2, 0.25) is 0 Å². The maximum Gasteiger partial charge on any atom is 0.254 e. The third-order valence-electron chi connectivity index (χ3n) is 5.06. The summed E-state index contributed by atoms with van der Waals surface area (Å²) in [6.45, 7) is 2.36. The molecule has 3 rings (SSSR count). The summed E-state index contributed by atoms with van der Waals surface area (Å²) in [7, 11) is 1.54. The molecule has 1 saturated heterocycles. The highest BCUT2D eigenvalue weighted by Crippen LogP contribution is 2.36. The summed E-state index contributed by atoms with van der Waals surface area (Å²) in [5, 5.41) is 2.37. The van der Waals surface area contributed by atoms with Crippen LogP contribution < -0.4 is 10.1 Å². The predicted molar refractivity (Wildman–Crippen MR) is 90.5 cm³/mol. The molecule has 6 nitrogen and oxygen atoms in total. The molecule has 0 radical (unpaired) electrons. The SMILES string of the molecule is C#CC1(CN2Cc3ccc(OC)cc3C2=O)CC(CC)C(=O)NC1=O. The third kappa shape index (κ3) is 2.76. The van der Waals surface area contributed by atoms with E-state index in [1.54, 1.807) is 24.1 Å². The van der Waals surface area contributed by atoms with Gasteiger partial charge in [-0.1, -0.05) is 18.9 Å². The number of benzene rings is 1. The van der Waals surface area contributed by atoms with E-state index < -0.39 is 11.3 Å². The molecule has 6 heteroatoms. The number of rotatable bonds is 4. The van der Waals surface area contributed by atoms with Crippen LogP contribution in [0.25, 0.3) is 0 Å². The first-order valence-electron chi connectivity index (χ1n) is 8.23. The van der Waals surface area contributed by atoms with E-state index in [1.165, 1.54) is 0 Å². The number of piperidine rings is 1. The normalized spacial score (nSPS) is 25.4. The van der Waals surface area contributed by atoms with Crippen molar-refractivity contribution in [2.75, 3.05) is 13.7 Å². The highest BCUT2D eigenvalue weighted by molar-refractivity contribution is 6.04. The lowest BCUT2D eigenvalue weighted by atomic mass is 9.74. The number of carbonyl (C=O) groups excluding carboxylic acids is 3. The third-order valence-corrected chi connectivity index (χ3v) is 5.06. The minimum Gasteiger partial charge on any atom is -0.497 e. The van der Waals surface area contributed by atoms with Crippen LogP contribution >= 0.6 is 0 Å². The van der Waals surface area contributed by atoms with E-state index in [2.05, 4.69) is 11.2 Å². The van der Waals surface area contributed by atoms with Gasteiger partial charge in [-0.05, 0) is 30.5 Å². The summed E-state index contributed by atoms with van der Waals surface area (Å²) in [5.74, 6) is 1.88. The first kappa shape index (κ1) is 17.0. The first-order chi connectivity index (χ1) is 11.9. The van der Waals surface area contributed by atoms with Crippen LogP contribution in [0.4, 0.5) is 0 Å². The van der Waals surface area contributed by atoms with Crippen molar-refractivity contribution in [3.8, 4) is 18.1 Å². The van der Waals surface area contributed by atoms with Gasteiger partial charge in [-0.3, -0.25) is 19.7 Å². The van der Waals surface area contributed by atoms with Crippen molar-refractivity contribution in [1.82, 2.24) is 10.2 Å². The van der Waals surface area contributed by atoms with Gasteiger partial charge in [0.15, 0.2) is 0 Å². The Morgan fingerprint density at radius 2 is 2.16 bits per heavy atom. The number of imide groups is 1. The summed E-state index contributed by atoms with van der Waals surface area (Å²) in [6.07, 6.45) is 6.53. The van der Waals surface area contributed by atoms with Crippen LogP contribution in [-0.4, -0.2) is 36.3 Å². The number of nitrogens with zero attached hydrogens (tertiary/aromatic N) is 1. The zero-order chi connectivity index (χ0) is 18.2. The number of amides is 3. The molecule has 0 spiro atoms. The molecule has 0 aliphatic carbocycles. The predicted octanol–water partition coefficient (Wildman–Crippen LogP) is 1.34. The summed E-state index contributed by atoms with van der Waals surface area (Å²) < 4.78 is 5.17. The second kappa shape index (κ2) is 6.25. The monoisotopic (exact) mass is 340 g/mol. The summed E-state index contributed by atoms with van der Waals surface area (Å²) in [6, 6.07) is 5.33. The van der Waals surface area contributed by atoms with Crippen LogP contribution in [0.5, 0.6) is 5.75 Å². The molecule has 0 bridgehead atoms. The maximum atomic E-state index is 12.7. The van der Waals surface area contributed by atoms with Crippen LogP contribution in [0, 0.1) is 23.7 Å². The molecule has 2 aliphatic rings. The summed E-state index contributed by atoms with van der Waals surface area (Å²) >= 11 is 0. The molecule has 2 unspecified atom stereocenters. The number of methoxy groups -OCH3 is 1. The molecular formula is C19H20N2O4. The average Bonchev–Trinajstić information content (AvgIpc) is 2.92. The van der Waals surface area contributed by atoms with Crippen LogP contribution in [0.15, 0.2) is 18.2 Å². The van der Waals surface area contributed by atoms with Crippen molar-refractivity contribution < 1.29 is 19.1 Å². The molecular weight excluding hydrogens is 320 g/mol. The minimum atomic E-state index is -1.18. The van der Waals surface area contributed by atoms with Gasteiger partial charge in [0.2, 0.25) is 11.8 Å². The largest absolute Gasteiger partial charge is 0.497 e. The van der Waals surface area contributed by atoms with Crippen molar-refractivity contribution in [3.63, 3.8) is 0 Å². The topological polar surface area (TPSA) is 75.7 Å². The first-order valence-corrected chi connectivity index (χ1v) is 8.23. The second-order valence-electron chi connectivity index (χ2n) is 6.54. The van der Waals surface area contributed by atoms with Crippen molar-refractivity contribution in [1.29, 1.82) is 0 Å². The van der Waals surface area contributed by atoms with E-state index >= 15 is 0 Å². The Labute approximate surface area is 146 Å². The van der Waals surface area contributed by atoms with Gasteiger partial charge in [0.05, 0.1) is 7.11 Å². The molecule has 1 N–H and O–H groups in total. The Bertz CT molecular complexity index is 795. The maximum absolute atomic E-state index is 12.7. The van der Waals surface area contributed by atoms with E-state index in [4.69, 9.17) is 11.2 Å². The number of carbonyl (C=O) groups is 3. The van der Waals surface area contributed by atoms with Crippen molar-refractivity contribution in [2.24, 2.45) is 11.3 Å².